The molecule has 1 amide bonds. The third-order valence-corrected chi connectivity index (χ3v) is 5.02. The number of carbonyl (C=O) groups excluding carboxylic acids is 1. The van der Waals surface area contributed by atoms with E-state index < -0.39 is 0 Å². The zero-order valence-corrected chi connectivity index (χ0v) is 12.0. The summed E-state index contributed by atoms with van der Waals surface area (Å²) in [5.74, 6) is 1.93. The summed E-state index contributed by atoms with van der Waals surface area (Å²) in [4.78, 5) is 12.4. The van der Waals surface area contributed by atoms with Crippen LogP contribution in [-0.4, -0.2) is 5.91 Å². The Kier molecular flexibility index (Phi) is 3.53. The van der Waals surface area contributed by atoms with Gasteiger partial charge in [0.25, 0.3) is 0 Å². The molecule has 2 nitrogen and oxygen atoms in total. The fourth-order valence-electron chi connectivity index (χ4n) is 3.75. The lowest BCUT2D eigenvalue weighted by Gasteiger charge is -2.23. The van der Waals surface area contributed by atoms with Crippen molar-refractivity contribution < 1.29 is 4.79 Å². The number of benzene rings is 1. The Morgan fingerprint density at radius 3 is 2.84 bits per heavy atom. The number of fused-ring (bicyclic) bond motifs is 2. The molecule has 0 saturated heterocycles. The molecule has 1 N–H and O–H groups in total. The van der Waals surface area contributed by atoms with Crippen LogP contribution in [0.25, 0.3) is 0 Å². The fourth-order valence-corrected chi connectivity index (χ4v) is 3.94. The van der Waals surface area contributed by atoms with Crippen LogP contribution in [0.5, 0.6) is 0 Å². The van der Waals surface area contributed by atoms with Crippen LogP contribution in [0.15, 0.2) is 24.3 Å². The van der Waals surface area contributed by atoms with Crippen LogP contribution >= 0.6 is 11.6 Å². The van der Waals surface area contributed by atoms with E-state index in [0.29, 0.717) is 5.92 Å². The van der Waals surface area contributed by atoms with Crippen molar-refractivity contribution in [2.75, 3.05) is 0 Å². The molecular weight excluding hydrogens is 258 g/mol. The first-order valence-corrected chi connectivity index (χ1v) is 7.57. The predicted molar refractivity (Wildman–Crippen MR) is 76.9 cm³/mol. The van der Waals surface area contributed by atoms with Crippen LogP contribution in [0.3, 0.4) is 0 Å². The molecule has 0 heterocycles. The summed E-state index contributed by atoms with van der Waals surface area (Å²) in [5.41, 5.74) is 1.07. The van der Waals surface area contributed by atoms with Crippen LogP contribution in [0, 0.1) is 17.8 Å². The van der Waals surface area contributed by atoms with E-state index in [0.717, 1.165) is 22.9 Å². The highest BCUT2D eigenvalue weighted by atomic mass is 35.5. The van der Waals surface area contributed by atoms with Gasteiger partial charge in [0.15, 0.2) is 0 Å². The normalized spacial score (nSPS) is 30.3. The zero-order chi connectivity index (χ0) is 13.4. The summed E-state index contributed by atoms with van der Waals surface area (Å²) in [5, 5.41) is 3.87. The fraction of sp³-hybridized carbons (Fsp3) is 0.562. The van der Waals surface area contributed by atoms with E-state index in [2.05, 4.69) is 5.32 Å². The Morgan fingerprint density at radius 2 is 2.21 bits per heavy atom. The van der Waals surface area contributed by atoms with E-state index in [4.69, 9.17) is 11.6 Å². The molecule has 2 fully saturated rings. The molecule has 1 aromatic rings. The average molecular weight is 278 g/mol. The highest BCUT2D eigenvalue weighted by molar-refractivity contribution is 6.30. The van der Waals surface area contributed by atoms with Crippen LogP contribution in [0.2, 0.25) is 5.02 Å². The second kappa shape index (κ2) is 5.16. The Balaban J connectivity index is 1.63. The third-order valence-electron chi connectivity index (χ3n) is 4.78. The van der Waals surface area contributed by atoms with Gasteiger partial charge in [0.1, 0.15) is 0 Å². The lowest BCUT2D eigenvalue weighted by molar-refractivity contribution is -0.127. The maximum Gasteiger partial charge on any atom is 0.223 e. The maximum absolute atomic E-state index is 12.4. The van der Waals surface area contributed by atoms with E-state index in [-0.39, 0.29) is 17.9 Å². The molecule has 19 heavy (non-hydrogen) atoms. The van der Waals surface area contributed by atoms with Crippen molar-refractivity contribution in [1.82, 2.24) is 5.32 Å². The van der Waals surface area contributed by atoms with Crippen molar-refractivity contribution in [1.29, 1.82) is 0 Å². The van der Waals surface area contributed by atoms with Gasteiger partial charge < -0.3 is 5.32 Å². The van der Waals surface area contributed by atoms with E-state index in [1.165, 1.54) is 19.3 Å². The monoisotopic (exact) mass is 277 g/mol. The van der Waals surface area contributed by atoms with Gasteiger partial charge in [-0.1, -0.05) is 30.2 Å². The van der Waals surface area contributed by atoms with Gasteiger partial charge in [-0.25, -0.2) is 0 Å². The van der Waals surface area contributed by atoms with E-state index in [9.17, 15) is 4.79 Å². The molecule has 4 atom stereocenters. The largest absolute Gasteiger partial charge is 0.349 e. The molecule has 1 aromatic carbocycles. The molecule has 102 valence electrons. The highest BCUT2D eigenvalue weighted by Crippen LogP contribution is 2.48. The van der Waals surface area contributed by atoms with Crippen molar-refractivity contribution in [3.05, 3.63) is 34.9 Å². The summed E-state index contributed by atoms with van der Waals surface area (Å²) in [6, 6.07) is 7.75. The third kappa shape index (κ3) is 2.64. The Hall–Kier alpha value is -1.02. The second-order valence-corrected chi connectivity index (χ2v) is 6.50. The lowest BCUT2D eigenvalue weighted by atomic mass is 9.88. The highest BCUT2D eigenvalue weighted by Gasteiger charge is 2.43. The molecule has 2 saturated carbocycles. The first-order valence-electron chi connectivity index (χ1n) is 7.19. The number of hydrogen-bond acceptors (Lipinski definition) is 1. The first-order chi connectivity index (χ1) is 9.13. The van der Waals surface area contributed by atoms with Gasteiger partial charge in [-0.15, -0.1) is 0 Å². The van der Waals surface area contributed by atoms with Gasteiger partial charge in [-0.2, -0.15) is 0 Å². The number of amides is 1. The molecule has 3 heteroatoms. The summed E-state index contributed by atoms with van der Waals surface area (Å²) < 4.78 is 0. The topological polar surface area (TPSA) is 29.1 Å². The summed E-state index contributed by atoms with van der Waals surface area (Å²) >= 11 is 5.99. The first kappa shape index (κ1) is 13.0. The van der Waals surface area contributed by atoms with Gasteiger partial charge in [-0.3, -0.25) is 4.79 Å². The smallest absolute Gasteiger partial charge is 0.223 e. The van der Waals surface area contributed by atoms with Crippen molar-refractivity contribution in [3.8, 4) is 0 Å². The van der Waals surface area contributed by atoms with Crippen LogP contribution in [0.4, 0.5) is 0 Å². The zero-order valence-electron chi connectivity index (χ0n) is 11.2. The second-order valence-electron chi connectivity index (χ2n) is 6.07. The van der Waals surface area contributed by atoms with Crippen molar-refractivity contribution in [2.45, 2.75) is 38.6 Å². The number of hydrogen-bond donors (Lipinski definition) is 1. The van der Waals surface area contributed by atoms with Gasteiger partial charge in [0.05, 0.1) is 6.04 Å². The average Bonchev–Trinajstić information content (AvgIpc) is 3.00. The minimum Gasteiger partial charge on any atom is -0.349 e. The van der Waals surface area contributed by atoms with E-state index >= 15 is 0 Å². The van der Waals surface area contributed by atoms with E-state index in [1.54, 1.807) is 0 Å². The number of carbonyl (C=O) groups is 1. The van der Waals surface area contributed by atoms with Gasteiger partial charge in [0.2, 0.25) is 5.91 Å². The number of rotatable bonds is 3. The molecule has 0 radical (unpaired) electrons. The van der Waals surface area contributed by atoms with Crippen LogP contribution in [-0.2, 0) is 4.79 Å². The molecule has 2 aliphatic rings. The minimum atomic E-state index is 0.0327. The van der Waals surface area contributed by atoms with Gasteiger partial charge in [-0.05, 0) is 55.7 Å². The van der Waals surface area contributed by atoms with Crippen molar-refractivity contribution >= 4 is 17.5 Å². The SMILES string of the molecule is CC(NC(=O)C1CC2CCC1C2)c1cccc(Cl)c1. The Morgan fingerprint density at radius 1 is 1.37 bits per heavy atom. The van der Waals surface area contributed by atoms with E-state index in [1.807, 2.05) is 31.2 Å². The molecule has 4 unspecified atom stereocenters. The molecule has 0 spiro atoms. The summed E-state index contributed by atoms with van der Waals surface area (Å²) in [7, 11) is 0. The minimum absolute atomic E-state index is 0.0327. The standard InChI is InChI=1S/C16H20ClNO/c1-10(12-3-2-4-14(17)9-12)18-16(19)15-8-11-5-6-13(15)7-11/h2-4,9-11,13,15H,5-8H2,1H3,(H,18,19). The molecular formula is C16H20ClNO. The van der Waals surface area contributed by atoms with Crippen LogP contribution in [0.1, 0.15) is 44.2 Å². The summed E-state index contributed by atoms with van der Waals surface area (Å²) in [6.45, 7) is 2.02. The summed E-state index contributed by atoms with van der Waals surface area (Å²) in [6.07, 6.45) is 4.94. The predicted octanol–water partition coefficient (Wildman–Crippen LogP) is 3.95. The number of halogens is 1. The van der Waals surface area contributed by atoms with Gasteiger partial charge >= 0.3 is 0 Å². The molecule has 0 aliphatic heterocycles. The molecule has 3 rings (SSSR count). The molecule has 2 bridgehead atoms. The lowest BCUT2D eigenvalue weighted by Crippen LogP contribution is -2.35. The number of nitrogens with one attached hydrogen (secondary N) is 1. The van der Waals surface area contributed by atoms with Crippen molar-refractivity contribution in [2.24, 2.45) is 17.8 Å². The Bertz CT molecular complexity index is 487. The quantitative estimate of drug-likeness (QED) is 0.890. The van der Waals surface area contributed by atoms with Crippen molar-refractivity contribution in [3.63, 3.8) is 0 Å². The maximum atomic E-state index is 12.4. The van der Waals surface area contributed by atoms with Gasteiger partial charge in [0, 0.05) is 10.9 Å². The molecule has 2 aliphatic carbocycles. The molecule has 0 aromatic heterocycles. The Labute approximate surface area is 119 Å². The van der Waals surface area contributed by atoms with Crippen LogP contribution < -0.4 is 5.32 Å².